The molecule has 0 aromatic heterocycles. The summed E-state index contributed by atoms with van der Waals surface area (Å²) in [6, 6.07) is 8.81. The second-order valence-electron chi connectivity index (χ2n) is 5.78. The molecule has 0 saturated carbocycles. The molecule has 1 saturated heterocycles. The zero-order valence-electron chi connectivity index (χ0n) is 13.0. The van der Waals surface area contributed by atoms with E-state index < -0.39 is 12.1 Å². The summed E-state index contributed by atoms with van der Waals surface area (Å²) in [5.74, 6) is -0.326. The number of esters is 1. The maximum absolute atomic E-state index is 12.3. The van der Waals surface area contributed by atoms with Crippen LogP contribution in [0.4, 0.5) is 0 Å². The highest BCUT2D eigenvalue weighted by molar-refractivity contribution is 5.77. The van der Waals surface area contributed by atoms with E-state index in [9.17, 15) is 9.90 Å². The van der Waals surface area contributed by atoms with Gasteiger partial charge in [0.25, 0.3) is 0 Å². The quantitative estimate of drug-likeness (QED) is 0.842. The average Bonchev–Trinajstić information content (AvgIpc) is 2.94. The van der Waals surface area contributed by atoms with Crippen LogP contribution >= 0.6 is 0 Å². The molecule has 1 N–H and O–H groups in total. The Balaban J connectivity index is 2.33. The second-order valence-corrected chi connectivity index (χ2v) is 5.78. The van der Waals surface area contributed by atoms with Gasteiger partial charge in [-0.3, -0.25) is 4.90 Å². The smallest absolute Gasteiger partial charge is 0.327 e. The lowest BCUT2D eigenvalue weighted by molar-refractivity contribution is -0.148. The lowest BCUT2D eigenvalue weighted by atomic mass is 10.0. The first-order valence-corrected chi connectivity index (χ1v) is 7.58. The Hall–Kier alpha value is -1.90. The molecule has 0 bridgehead atoms. The topological polar surface area (TPSA) is 73.6 Å². The summed E-state index contributed by atoms with van der Waals surface area (Å²) in [5.41, 5.74) is 1.29. The molecule has 0 spiro atoms. The van der Waals surface area contributed by atoms with Gasteiger partial charge in [0.1, 0.15) is 6.04 Å². The standard InChI is InChI=1S/C17H22N2O3/c1-12(20)9-15-7-4-8-19(15)16(17(21)22-2)14-6-3-5-13(10-14)11-18/h3,5-6,10,12,15-16,20H,4,7-9H2,1-2H3. The Bertz CT molecular complexity index is 565. The Morgan fingerprint density at radius 3 is 3.00 bits per heavy atom. The highest BCUT2D eigenvalue weighted by Gasteiger charge is 2.37. The number of aliphatic hydroxyl groups excluding tert-OH is 1. The third-order valence-electron chi connectivity index (χ3n) is 4.12. The predicted molar refractivity (Wildman–Crippen MR) is 81.9 cm³/mol. The molecule has 0 radical (unpaired) electrons. The minimum absolute atomic E-state index is 0.148. The van der Waals surface area contributed by atoms with E-state index in [2.05, 4.69) is 11.0 Å². The molecule has 0 aliphatic carbocycles. The number of nitriles is 1. The van der Waals surface area contributed by atoms with Crippen LogP contribution in [-0.4, -0.2) is 41.8 Å². The number of ether oxygens (including phenoxy) is 1. The van der Waals surface area contributed by atoms with Crippen molar-refractivity contribution in [2.75, 3.05) is 13.7 Å². The first kappa shape index (κ1) is 16.5. The summed E-state index contributed by atoms with van der Waals surface area (Å²) in [4.78, 5) is 14.4. The molecule has 1 fully saturated rings. The molecule has 1 aliphatic heterocycles. The van der Waals surface area contributed by atoms with Crippen molar-refractivity contribution in [3.8, 4) is 6.07 Å². The molecule has 1 aromatic carbocycles. The summed E-state index contributed by atoms with van der Waals surface area (Å²) in [6.07, 6.45) is 2.17. The minimum atomic E-state index is -0.524. The third kappa shape index (κ3) is 3.65. The summed E-state index contributed by atoms with van der Waals surface area (Å²) >= 11 is 0. The number of likely N-dealkylation sites (tertiary alicyclic amines) is 1. The molecular formula is C17H22N2O3. The maximum atomic E-state index is 12.3. The first-order valence-electron chi connectivity index (χ1n) is 7.58. The Kier molecular flexibility index (Phi) is 5.53. The molecule has 1 aliphatic rings. The number of hydrogen-bond donors (Lipinski definition) is 1. The predicted octanol–water partition coefficient (Wildman–Crippen LogP) is 2.01. The van der Waals surface area contributed by atoms with E-state index in [4.69, 9.17) is 10.00 Å². The van der Waals surface area contributed by atoms with Gasteiger partial charge in [0.05, 0.1) is 24.8 Å². The normalized spacial score (nSPS) is 21.1. The molecule has 0 amide bonds. The van der Waals surface area contributed by atoms with Gasteiger partial charge in [-0.05, 0) is 50.4 Å². The molecule has 22 heavy (non-hydrogen) atoms. The van der Waals surface area contributed by atoms with Crippen LogP contribution in [0.15, 0.2) is 24.3 Å². The second kappa shape index (κ2) is 7.39. The third-order valence-corrected chi connectivity index (χ3v) is 4.12. The van der Waals surface area contributed by atoms with Crippen molar-refractivity contribution in [3.63, 3.8) is 0 Å². The summed E-state index contributed by atoms with van der Waals surface area (Å²) in [6.45, 7) is 2.55. The molecule has 5 heteroatoms. The average molecular weight is 302 g/mol. The van der Waals surface area contributed by atoms with E-state index in [-0.39, 0.29) is 12.0 Å². The Labute approximate surface area is 131 Å². The van der Waals surface area contributed by atoms with Crippen molar-refractivity contribution < 1.29 is 14.6 Å². The lowest BCUT2D eigenvalue weighted by Gasteiger charge is -2.32. The van der Waals surface area contributed by atoms with Crippen LogP contribution in [0, 0.1) is 11.3 Å². The number of nitrogens with zero attached hydrogens (tertiary/aromatic N) is 2. The molecule has 2 rings (SSSR count). The van der Waals surface area contributed by atoms with Crippen molar-refractivity contribution in [1.29, 1.82) is 5.26 Å². The molecule has 3 unspecified atom stereocenters. The van der Waals surface area contributed by atoms with Crippen LogP contribution in [0.1, 0.15) is 43.4 Å². The van der Waals surface area contributed by atoms with Crippen LogP contribution in [0.3, 0.4) is 0 Å². The fraction of sp³-hybridized carbons (Fsp3) is 0.529. The van der Waals surface area contributed by atoms with Crippen LogP contribution in [0.25, 0.3) is 0 Å². The zero-order chi connectivity index (χ0) is 16.1. The minimum Gasteiger partial charge on any atom is -0.468 e. The molecular weight excluding hydrogens is 280 g/mol. The molecule has 3 atom stereocenters. The zero-order valence-corrected chi connectivity index (χ0v) is 13.0. The number of carbonyl (C=O) groups is 1. The molecule has 1 aromatic rings. The lowest BCUT2D eigenvalue weighted by Crippen LogP contribution is -2.39. The van der Waals surface area contributed by atoms with Gasteiger partial charge in [-0.25, -0.2) is 4.79 Å². The monoisotopic (exact) mass is 302 g/mol. The van der Waals surface area contributed by atoms with E-state index in [0.717, 1.165) is 24.9 Å². The SMILES string of the molecule is COC(=O)C(c1cccc(C#N)c1)N1CCCC1CC(C)O. The van der Waals surface area contributed by atoms with Gasteiger partial charge in [0.15, 0.2) is 0 Å². The van der Waals surface area contributed by atoms with E-state index in [1.807, 2.05) is 6.07 Å². The van der Waals surface area contributed by atoms with E-state index in [0.29, 0.717) is 12.0 Å². The van der Waals surface area contributed by atoms with Crippen molar-refractivity contribution in [2.45, 2.75) is 44.4 Å². The Morgan fingerprint density at radius 1 is 1.59 bits per heavy atom. The van der Waals surface area contributed by atoms with Gasteiger partial charge >= 0.3 is 5.97 Å². The summed E-state index contributed by atoms with van der Waals surface area (Å²) < 4.78 is 4.98. The van der Waals surface area contributed by atoms with Crippen LogP contribution in [0.2, 0.25) is 0 Å². The fourth-order valence-corrected chi connectivity index (χ4v) is 3.20. The number of benzene rings is 1. The van der Waals surface area contributed by atoms with Gasteiger partial charge in [0, 0.05) is 6.04 Å². The fourth-order valence-electron chi connectivity index (χ4n) is 3.20. The highest BCUT2D eigenvalue weighted by Crippen LogP contribution is 2.32. The summed E-state index contributed by atoms with van der Waals surface area (Å²) in [7, 11) is 1.38. The molecule has 118 valence electrons. The number of carbonyl (C=O) groups excluding carboxylic acids is 1. The van der Waals surface area contributed by atoms with Crippen LogP contribution < -0.4 is 0 Å². The van der Waals surface area contributed by atoms with E-state index >= 15 is 0 Å². The van der Waals surface area contributed by atoms with Crippen molar-refractivity contribution in [1.82, 2.24) is 4.90 Å². The summed E-state index contributed by atoms with van der Waals surface area (Å²) in [5, 5.41) is 18.7. The van der Waals surface area contributed by atoms with Crippen molar-refractivity contribution in [2.24, 2.45) is 0 Å². The highest BCUT2D eigenvalue weighted by atomic mass is 16.5. The van der Waals surface area contributed by atoms with Crippen molar-refractivity contribution >= 4 is 5.97 Å². The van der Waals surface area contributed by atoms with Gasteiger partial charge in [-0.15, -0.1) is 0 Å². The van der Waals surface area contributed by atoms with Crippen LogP contribution in [-0.2, 0) is 9.53 Å². The van der Waals surface area contributed by atoms with E-state index in [1.54, 1.807) is 25.1 Å². The first-order chi connectivity index (χ1) is 10.6. The van der Waals surface area contributed by atoms with Crippen molar-refractivity contribution in [3.05, 3.63) is 35.4 Å². The largest absolute Gasteiger partial charge is 0.468 e. The molecule has 1 heterocycles. The van der Waals surface area contributed by atoms with Gasteiger partial charge in [-0.1, -0.05) is 12.1 Å². The number of methoxy groups -OCH3 is 1. The van der Waals surface area contributed by atoms with Gasteiger partial charge in [-0.2, -0.15) is 5.26 Å². The van der Waals surface area contributed by atoms with Gasteiger partial charge < -0.3 is 9.84 Å². The Morgan fingerprint density at radius 2 is 2.36 bits per heavy atom. The number of aliphatic hydroxyl groups is 1. The van der Waals surface area contributed by atoms with E-state index in [1.165, 1.54) is 7.11 Å². The maximum Gasteiger partial charge on any atom is 0.327 e. The number of hydrogen-bond acceptors (Lipinski definition) is 5. The van der Waals surface area contributed by atoms with Crippen LogP contribution in [0.5, 0.6) is 0 Å². The number of rotatable bonds is 5. The van der Waals surface area contributed by atoms with Gasteiger partial charge in [0.2, 0.25) is 0 Å². The molecule has 5 nitrogen and oxygen atoms in total.